The summed E-state index contributed by atoms with van der Waals surface area (Å²) in [6, 6.07) is 0. The highest BCUT2D eigenvalue weighted by molar-refractivity contribution is 5.69. The molecular weight excluding hydrogens is 598 g/mol. The number of rotatable bonds is 37. The van der Waals surface area contributed by atoms with Gasteiger partial charge in [-0.1, -0.05) is 150 Å². The van der Waals surface area contributed by atoms with Crippen molar-refractivity contribution in [3.63, 3.8) is 0 Å². The number of carbonyl (C=O) groups is 2. The molecule has 0 radical (unpaired) electrons. The maximum atomic E-state index is 12.2. The van der Waals surface area contributed by atoms with Crippen molar-refractivity contribution >= 4 is 11.9 Å². The Morgan fingerprint density at radius 2 is 1.04 bits per heavy atom. The Hall–Kier alpha value is -1.14. The van der Waals surface area contributed by atoms with Crippen LogP contribution in [-0.2, 0) is 19.1 Å². The molecule has 6 nitrogen and oxygen atoms in total. The molecule has 0 atom stereocenters. The molecular formula is C42H83NO5. The summed E-state index contributed by atoms with van der Waals surface area (Å²) < 4.78 is 11.1. The van der Waals surface area contributed by atoms with Crippen molar-refractivity contribution in [2.75, 3.05) is 39.5 Å². The fourth-order valence-corrected chi connectivity index (χ4v) is 6.59. The number of aliphatic hydroxyl groups excluding tert-OH is 1. The lowest BCUT2D eigenvalue weighted by Gasteiger charge is -2.25. The van der Waals surface area contributed by atoms with Crippen LogP contribution in [0.3, 0.4) is 0 Å². The summed E-state index contributed by atoms with van der Waals surface area (Å²) >= 11 is 0. The zero-order valence-corrected chi connectivity index (χ0v) is 32.9. The molecule has 0 amide bonds. The normalized spacial score (nSPS) is 11.9. The predicted molar refractivity (Wildman–Crippen MR) is 204 cm³/mol. The molecule has 0 aromatic heterocycles. The lowest BCUT2D eigenvalue weighted by molar-refractivity contribution is -0.147. The molecule has 1 N–H and O–H groups in total. The molecule has 0 unspecified atom stereocenters. The first-order valence-electron chi connectivity index (χ1n) is 20.9. The van der Waals surface area contributed by atoms with Crippen LogP contribution in [0.4, 0.5) is 0 Å². The molecule has 0 heterocycles. The summed E-state index contributed by atoms with van der Waals surface area (Å²) in [5.41, 5.74) is 0.0165. The summed E-state index contributed by atoms with van der Waals surface area (Å²) in [7, 11) is 0. The van der Waals surface area contributed by atoms with Gasteiger partial charge in [0.05, 0.1) is 19.8 Å². The van der Waals surface area contributed by atoms with E-state index in [0.717, 1.165) is 96.2 Å². The van der Waals surface area contributed by atoms with Crippen molar-refractivity contribution in [1.29, 1.82) is 0 Å². The molecule has 0 rings (SSSR count). The number of esters is 2. The van der Waals surface area contributed by atoms with Crippen molar-refractivity contribution in [1.82, 2.24) is 4.90 Å². The Balaban J connectivity index is 3.84. The Bertz CT molecular complexity index is 704. The summed E-state index contributed by atoms with van der Waals surface area (Å²) in [4.78, 5) is 26.7. The van der Waals surface area contributed by atoms with E-state index in [1.807, 2.05) is 0 Å². The third kappa shape index (κ3) is 32.1. The summed E-state index contributed by atoms with van der Waals surface area (Å²) in [6.45, 7) is 15.3. The molecule has 286 valence electrons. The molecule has 0 aliphatic heterocycles. The van der Waals surface area contributed by atoms with E-state index in [0.29, 0.717) is 26.1 Å². The van der Waals surface area contributed by atoms with Gasteiger partial charge in [0.25, 0.3) is 0 Å². The number of hydrogen-bond acceptors (Lipinski definition) is 6. The average molecular weight is 682 g/mol. The second kappa shape index (κ2) is 34.3. The largest absolute Gasteiger partial charge is 0.466 e. The van der Waals surface area contributed by atoms with Crippen LogP contribution in [-0.4, -0.2) is 61.4 Å². The number of unbranched alkanes of at least 4 members (excludes halogenated alkanes) is 15. The molecule has 6 heteroatoms. The monoisotopic (exact) mass is 682 g/mol. The topological polar surface area (TPSA) is 76.1 Å². The number of aliphatic hydroxyl groups is 1. The van der Waals surface area contributed by atoms with Gasteiger partial charge >= 0.3 is 11.9 Å². The van der Waals surface area contributed by atoms with E-state index in [9.17, 15) is 14.7 Å². The third-order valence-corrected chi connectivity index (χ3v) is 9.91. The molecule has 0 fully saturated rings. The summed E-state index contributed by atoms with van der Waals surface area (Å²) in [5, 5.41) is 9.54. The van der Waals surface area contributed by atoms with Crippen LogP contribution in [0.15, 0.2) is 0 Å². The van der Waals surface area contributed by atoms with Crippen molar-refractivity contribution in [3.8, 4) is 0 Å². The van der Waals surface area contributed by atoms with Crippen LogP contribution < -0.4 is 0 Å². The van der Waals surface area contributed by atoms with Crippen molar-refractivity contribution in [3.05, 3.63) is 0 Å². The number of ether oxygens (including phenoxy) is 2. The minimum Gasteiger partial charge on any atom is -0.466 e. The van der Waals surface area contributed by atoms with Gasteiger partial charge in [-0.2, -0.15) is 0 Å². The Labute approximate surface area is 299 Å². The second-order valence-electron chi connectivity index (χ2n) is 15.5. The maximum Gasteiger partial charge on any atom is 0.305 e. The molecule has 0 saturated carbocycles. The summed E-state index contributed by atoms with van der Waals surface area (Å²) in [6.07, 6.45) is 31.0. The van der Waals surface area contributed by atoms with Crippen molar-refractivity contribution in [2.45, 2.75) is 208 Å². The first-order valence-corrected chi connectivity index (χ1v) is 20.9. The zero-order chi connectivity index (χ0) is 35.6. The van der Waals surface area contributed by atoms with E-state index in [4.69, 9.17) is 9.47 Å². The van der Waals surface area contributed by atoms with Gasteiger partial charge in [0.1, 0.15) is 0 Å². The van der Waals surface area contributed by atoms with Gasteiger partial charge in [-0.05, 0) is 69.4 Å². The fourth-order valence-electron chi connectivity index (χ4n) is 6.59. The number of hydrogen-bond donors (Lipinski definition) is 1. The maximum absolute atomic E-state index is 12.2. The molecule has 0 aliphatic rings. The SMILES string of the molecule is CCCCCCCCCC(=O)OCC(C)(C)CCCCCN(CCO)CCCCCCCC(=O)OCCCCC(CCCC)CCCC. The van der Waals surface area contributed by atoms with Gasteiger partial charge < -0.3 is 19.5 Å². The van der Waals surface area contributed by atoms with E-state index in [2.05, 4.69) is 39.5 Å². The number of nitrogens with zero attached hydrogens (tertiary/aromatic N) is 1. The standard InChI is InChI=1S/C42H83NO5/c1-6-9-12-13-14-16-21-31-41(46)48-38-42(4,5)32-23-19-25-34-43(35-36-44)33-24-18-15-17-20-30-40(45)47-37-26-22-29-39(27-10-7-2)28-11-8-3/h39,44H,6-38H2,1-5H3. The fraction of sp³-hybridized carbons (Fsp3) is 0.952. The highest BCUT2D eigenvalue weighted by atomic mass is 16.5. The van der Waals surface area contributed by atoms with Crippen LogP contribution >= 0.6 is 0 Å². The van der Waals surface area contributed by atoms with E-state index in [-0.39, 0.29) is 24.0 Å². The van der Waals surface area contributed by atoms with E-state index in [1.165, 1.54) is 89.9 Å². The Morgan fingerprint density at radius 3 is 1.60 bits per heavy atom. The van der Waals surface area contributed by atoms with Gasteiger partial charge in [-0.3, -0.25) is 9.59 Å². The lowest BCUT2D eigenvalue weighted by atomic mass is 9.88. The molecule has 0 saturated heterocycles. The first kappa shape index (κ1) is 46.9. The molecule has 0 aromatic rings. The van der Waals surface area contributed by atoms with Crippen LogP contribution in [0.25, 0.3) is 0 Å². The number of carbonyl (C=O) groups excluding carboxylic acids is 2. The molecule has 0 aliphatic carbocycles. The summed E-state index contributed by atoms with van der Waals surface area (Å²) in [5.74, 6) is 0.790. The van der Waals surface area contributed by atoms with E-state index in [1.54, 1.807) is 0 Å². The van der Waals surface area contributed by atoms with E-state index >= 15 is 0 Å². The third-order valence-electron chi connectivity index (χ3n) is 9.91. The quantitative estimate of drug-likeness (QED) is 0.0519. The predicted octanol–water partition coefficient (Wildman–Crippen LogP) is 11.6. The average Bonchev–Trinajstić information content (AvgIpc) is 3.06. The van der Waals surface area contributed by atoms with E-state index < -0.39 is 0 Å². The highest BCUT2D eigenvalue weighted by Crippen LogP contribution is 2.25. The highest BCUT2D eigenvalue weighted by Gasteiger charge is 2.20. The Morgan fingerprint density at radius 1 is 0.562 bits per heavy atom. The van der Waals surface area contributed by atoms with Gasteiger partial charge in [0.2, 0.25) is 0 Å². The van der Waals surface area contributed by atoms with Crippen LogP contribution in [0, 0.1) is 11.3 Å². The van der Waals surface area contributed by atoms with Crippen molar-refractivity contribution in [2.24, 2.45) is 11.3 Å². The molecule has 0 spiro atoms. The van der Waals surface area contributed by atoms with Crippen LogP contribution in [0.2, 0.25) is 0 Å². The van der Waals surface area contributed by atoms with Crippen molar-refractivity contribution < 1.29 is 24.2 Å². The molecule has 48 heavy (non-hydrogen) atoms. The second-order valence-corrected chi connectivity index (χ2v) is 15.5. The van der Waals surface area contributed by atoms with Crippen LogP contribution in [0.5, 0.6) is 0 Å². The zero-order valence-electron chi connectivity index (χ0n) is 32.9. The van der Waals surface area contributed by atoms with Crippen LogP contribution in [0.1, 0.15) is 208 Å². The van der Waals surface area contributed by atoms with Gasteiger partial charge in [-0.25, -0.2) is 0 Å². The van der Waals surface area contributed by atoms with Gasteiger partial charge in [0.15, 0.2) is 0 Å². The minimum atomic E-state index is -0.0384. The Kier molecular flexibility index (Phi) is 33.5. The molecule has 0 bridgehead atoms. The van der Waals surface area contributed by atoms with Gasteiger partial charge in [-0.15, -0.1) is 0 Å². The smallest absolute Gasteiger partial charge is 0.305 e. The molecule has 0 aromatic carbocycles. The first-order chi connectivity index (χ1) is 23.3. The lowest BCUT2D eigenvalue weighted by Crippen LogP contribution is -2.29. The van der Waals surface area contributed by atoms with Gasteiger partial charge in [0, 0.05) is 19.4 Å². The minimum absolute atomic E-state index is 0.0165.